The number of esters is 1. The predicted molar refractivity (Wildman–Crippen MR) is 33.1 cm³/mol. The van der Waals surface area contributed by atoms with Crippen LogP contribution in [0.25, 0.3) is 0 Å². The molecule has 0 aliphatic carbocycles. The molecule has 0 aliphatic heterocycles. The van der Waals surface area contributed by atoms with Crippen LogP contribution in [0.3, 0.4) is 0 Å². The van der Waals surface area contributed by atoms with Crippen molar-refractivity contribution in [2.75, 3.05) is 21.3 Å². The van der Waals surface area contributed by atoms with Crippen LogP contribution in [-0.2, 0) is 19.0 Å². The van der Waals surface area contributed by atoms with E-state index in [2.05, 4.69) is 14.2 Å². The van der Waals surface area contributed by atoms with Gasteiger partial charge in [0.15, 0.2) is 0 Å². The van der Waals surface area contributed by atoms with Crippen LogP contribution in [0, 0.1) is 0 Å². The van der Waals surface area contributed by atoms with Crippen LogP contribution >= 0.6 is 0 Å². The van der Waals surface area contributed by atoms with Gasteiger partial charge in [-0.3, -0.25) is 0 Å². The molecule has 0 radical (unpaired) electrons. The summed E-state index contributed by atoms with van der Waals surface area (Å²) in [7, 11) is 3.47. The van der Waals surface area contributed by atoms with Gasteiger partial charge in [0.1, 0.15) is 5.95 Å². The van der Waals surface area contributed by atoms with Gasteiger partial charge in [-0.05, 0) is 7.11 Å². The van der Waals surface area contributed by atoms with Crippen LogP contribution in [0.2, 0.25) is 0 Å². The van der Waals surface area contributed by atoms with Gasteiger partial charge >= 0.3 is 24.8 Å². The Morgan fingerprint density at radius 1 is 1.08 bits per heavy atom. The van der Waals surface area contributed by atoms with E-state index in [9.17, 15) is 9.90 Å². The Kier molecular flexibility index (Phi) is 7.91. The van der Waals surface area contributed by atoms with Crippen LogP contribution in [0.5, 0.6) is 0 Å². The van der Waals surface area contributed by atoms with E-state index in [-0.39, 0.29) is 18.9 Å². The maximum absolute atomic E-state index is 10.7. The zero-order valence-corrected chi connectivity index (χ0v) is 7.54. The molecule has 0 saturated carbocycles. The third kappa shape index (κ3) is 3.56. The largest absolute Gasteiger partial charge is 1.00 e. The Morgan fingerprint density at radius 3 is 1.83 bits per heavy atom. The van der Waals surface area contributed by atoms with Crippen molar-refractivity contribution in [2.45, 2.75) is 0 Å². The minimum Gasteiger partial charge on any atom is -0.614 e. The van der Waals surface area contributed by atoms with Crippen molar-refractivity contribution in [2.24, 2.45) is 0 Å². The van der Waals surface area contributed by atoms with Crippen molar-refractivity contribution in [1.29, 1.82) is 0 Å². The van der Waals surface area contributed by atoms with E-state index in [1.54, 1.807) is 0 Å². The average molecular weight is 168 g/mol. The van der Waals surface area contributed by atoms with Gasteiger partial charge in [-0.15, -0.1) is 0 Å². The van der Waals surface area contributed by atoms with Crippen molar-refractivity contribution in [1.82, 2.24) is 0 Å². The van der Waals surface area contributed by atoms with Crippen LogP contribution in [0.15, 0.2) is 11.7 Å². The van der Waals surface area contributed by atoms with Gasteiger partial charge in [0, 0.05) is 0 Å². The first-order valence-electron chi connectivity index (χ1n) is 2.75. The van der Waals surface area contributed by atoms with Gasteiger partial charge in [-0.1, -0.05) is 0 Å². The summed E-state index contributed by atoms with van der Waals surface area (Å²) in [6, 6.07) is 0. The van der Waals surface area contributed by atoms with Crippen molar-refractivity contribution < 1.29 is 43.0 Å². The fraction of sp³-hybridized carbons (Fsp3) is 0.500. The van der Waals surface area contributed by atoms with E-state index >= 15 is 0 Å². The molecule has 0 heterocycles. The molecule has 12 heavy (non-hydrogen) atoms. The van der Waals surface area contributed by atoms with Crippen LogP contribution < -0.4 is 24.0 Å². The van der Waals surface area contributed by atoms with E-state index in [0.29, 0.717) is 0 Å². The molecule has 0 N–H and O–H groups in total. The Morgan fingerprint density at radius 2 is 1.58 bits per heavy atom. The van der Waals surface area contributed by atoms with Gasteiger partial charge < -0.3 is 19.3 Å². The third-order valence-corrected chi connectivity index (χ3v) is 0.946. The molecule has 0 atom stereocenters. The first-order chi connectivity index (χ1) is 5.17. The number of carbonyl (C=O) groups excluding carboxylic acids is 1. The van der Waals surface area contributed by atoms with Gasteiger partial charge in [0.05, 0.1) is 14.2 Å². The van der Waals surface area contributed by atoms with Crippen LogP contribution in [0.4, 0.5) is 0 Å². The first kappa shape index (κ1) is 13.8. The summed E-state index contributed by atoms with van der Waals surface area (Å²) in [6.07, 6.45) is 0. The summed E-state index contributed by atoms with van der Waals surface area (Å²) in [6.45, 7) is 0. The van der Waals surface area contributed by atoms with Crippen molar-refractivity contribution in [3.63, 3.8) is 0 Å². The number of hydrogen-bond donors (Lipinski definition) is 0. The zero-order chi connectivity index (χ0) is 8.85. The van der Waals surface area contributed by atoms with E-state index in [1.165, 1.54) is 7.11 Å². The van der Waals surface area contributed by atoms with E-state index < -0.39 is 17.7 Å². The van der Waals surface area contributed by atoms with Crippen molar-refractivity contribution >= 4 is 5.97 Å². The maximum Gasteiger partial charge on any atom is 1.00 e. The predicted octanol–water partition coefficient (Wildman–Crippen LogP) is -4.01. The standard InChI is InChI=1S/C6H10O5.Li/c1-9-4(5(7)10-2)6(8)11-3;/h7H,1-3H3;/q;+1/p-1. The minimum atomic E-state index is -0.848. The summed E-state index contributed by atoms with van der Waals surface area (Å²) in [4.78, 5) is 10.7. The van der Waals surface area contributed by atoms with Gasteiger partial charge in [-0.25, -0.2) is 4.79 Å². The fourth-order valence-corrected chi connectivity index (χ4v) is 0.435. The Hall–Kier alpha value is -0.793. The quantitative estimate of drug-likeness (QED) is 0.186. The zero-order valence-electron chi connectivity index (χ0n) is 7.54. The summed E-state index contributed by atoms with van der Waals surface area (Å²) >= 11 is 0. The molecular formula is C6H9LiO5. The van der Waals surface area contributed by atoms with Crippen LogP contribution in [0.1, 0.15) is 0 Å². The number of rotatable bonds is 3. The smallest absolute Gasteiger partial charge is 0.614 e. The van der Waals surface area contributed by atoms with Gasteiger partial charge in [-0.2, -0.15) is 0 Å². The molecule has 0 rings (SSSR count). The Labute approximate surface area is 82.5 Å². The molecule has 0 fully saturated rings. The molecule has 0 aliphatic rings. The fourth-order valence-electron chi connectivity index (χ4n) is 0.435. The number of methoxy groups -OCH3 is 3. The molecule has 6 heteroatoms. The SMILES string of the molecule is COC(=O)C(OC)=C([O-])OC.[Li+]. The maximum atomic E-state index is 10.7. The molecule has 0 spiro atoms. The number of hydrogen-bond acceptors (Lipinski definition) is 5. The second-order valence-corrected chi connectivity index (χ2v) is 1.52. The monoisotopic (exact) mass is 168 g/mol. The Bertz CT molecular complexity index is 177. The molecule has 5 nitrogen and oxygen atoms in total. The molecule has 0 saturated heterocycles. The molecular weight excluding hydrogens is 159 g/mol. The summed E-state index contributed by atoms with van der Waals surface area (Å²) in [5.74, 6) is -2.16. The Balaban J connectivity index is 0. The second-order valence-electron chi connectivity index (χ2n) is 1.52. The molecule has 0 aromatic heterocycles. The number of carbonyl (C=O) groups is 1. The van der Waals surface area contributed by atoms with Gasteiger partial charge in [0.2, 0.25) is 5.76 Å². The number of ether oxygens (including phenoxy) is 3. The van der Waals surface area contributed by atoms with E-state index in [0.717, 1.165) is 14.2 Å². The topological polar surface area (TPSA) is 67.8 Å². The molecule has 0 aromatic rings. The molecule has 0 amide bonds. The van der Waals surface area contributed by atoms with Crippen molar-refractivity contribution in [3.8, 4) is 0 Å². The summed E-state index contributed by atoms with van der Waals surface area (Å²) < 4.78 is 12.9. The van der Waals surface area contributed by atoms with Crippen LogP contribution in [-0.4, -0.2) is 27.3 Å². The normalized spacial score (nSPS) is 10.6. The van der Waals surface area contributed by atoms with E-state index in [1.807, 2.05) is 0 Å². The molecule has 0 aromatic carbocycles. The first-order valence-corrected chi connectivity index (χ1v) is 2.75. The second kappa shape index (κ2) is 6.89. The third-order valence-electron chi connectivity index (χ3n) is 0.946. The van der Waals surface area contributed by atoms with E-state index in [4.69, 9.17) is 0 Å². The summed E-state index contributed by atoms with van der Waals surface area (Å²) in [5.41, 5.74) is 0. The minimum absolute atomic E-state index is 0. The van der Waals surface area contributed by atoms with Crippen molar-refractivity contribution in [3.05, 3.63) is 11.7 Å². The van der Waals surface area contributed by atoms with Gasteiger partial charge in [0.25, 0.3) is 0 Å². The average Bonchev–Trinajstić information content (AvgIpc) is 2.05. The summed E-state index contributed by atoms with van der Waals surface area (Å²) in [5, 5.41) is 10.7. The molecule has 0 unspecified atom stereocenters. The molecule has 0 bridgehead atoms. The molecule has 64 valence electrons.